The first kappa shape index (κ1) is 11.4. The van der Waals surface area contributed by atoms with Crippen LogP contribution in [0.25, 0.3) is 0 Å². The van der Waals surface area contributed by atoms with Gasteiger partial charge in [-0.25, -0.2) is 0 Å². The number of hydrogen-bond donors (Lipinski definition) is 2. The number of rotatable bonds is 4. The number of aromatic hydroxyl groups is 1. The SMILES string of the molecule is CNC(=O)CCc1ccc(O)c(OC)c1. The van der Waals surface area contributed by atoms with Crippen LogP contribution in [0.3, 0.4) is 0 Å². The number of aryl methyl sites for hydroxylation is 1. The molecule has 0 spiro atoms. The second kappa shape index (κ2) is 5.24. The van der Waals surface area contributed by atoms with E-state index in [4.69, 9.17) is 4.74 Å². The maximum Gasteiger partial charge on any atom is 0.220 e. The van der Waals surface area contributed by atoms with Crippen molar-refractivity contribution in [3.05, 3.63) is 23.8 Å². The molecule has 1 amide bonds. The van der Waals surface area contributed by atoms with Gasteiger partial charge < -0.3 is 15.2 Å². The van der Waals surface area contributed by atoms with Crippen LogP contribution in [-0.2, 0) is 11.2 Å². The molecule has 4 heteroatoms. The van der Waals surface area contributed by atoms with Crippen LogP contribution in [0.4, 0.5) is 0 Å². The summed E-state index contributed by atoms with van der Waals surface area (Å²) in [5, 5.41) is 11.9. The number of carbonyl (C=O) groups is 1. The Balaban J connectivity index is 2.66. The number of carbonyl (C=O) groups excluding carboxylic acids is 1. The molecule has 0 aliphatic heterocycles. The fourth-order valence-electron chi connectivity index (χ4n) is 1.26. The van der Waals surface area contributed by atoms with Gasteiger partial charge in [0.1, 0.15) is 0 Å². The molecule has 0 atom stereocenters. The zero-order valence-corrected chi connectivity index (χ0v) is 8.91. The van der Waals surface area contributed by atoms with Gasteiger partial charge in [0.05, 0.1) is 7.11 Å². The molecule has 0 unspecified atom stereocenters. The van der Waals surface area contributed by atoms with E-state index in [0.717, 1.165) is 5.56 Å². The Bertz CT molecular complexity index is 350. The normalized spacial score (nSPS) is 9.73. The Labute approximate surface area is 88.9 Å². The van der Waals surface area contributed by atoms with Crippen molar-refractivity contribution in [3.63, 3.8) is 0 Å². The van der Waals surface area contributed by atoms with Gasteiger partial charge in [-0.15, -0.1) is 0 Å². The number of methoxy groups -OCH3 is 1. The van der Waals surface area contributed by atoms with Gasteiger partial charge in [0, 0.05) is 13.5 Å². The minimum absolute atomic E-state index is 0.00189. The van der Waals surface area contributed by atoms with Crippen LogP contribution in [0.1, 0.15) is 12.0 Å². The van der Waals surface area contributed by atoms with Crippen LogP contribution < -0.4 is 10.1 Å². The molecule has 0 aromatic heterocycles. The molecule has 0 heterocycles. The van der Waals surface area contributed by atoms with Gasteiger partial charge >= 0.3 is 0 Å². The molecule has 15 heavy (non-hydrogen) atoms. The second-order valence-corrected chi connectivity index (χ2v) is 3.18. The highest BCUT2D eigenvalue weighted by Crippen LogP contribution is 2.26. The molecular weight excluding hydrogens is 194 g/mol. The van der Waals surface area contributed by atoms with E-state index >= 15 is 0 Å². The lowest BCUT2D eigenvalue weighted by molar-refractivity contribution is -0.120. The van der Waals surface area contributed by atoms with Gasteiger partial charge in [-0.1, -0.05) is 6.07 Å². The topological polar surface area (TPSA) is 58.6 Å². The zero-order valence-electron chi connectivity index (χ0n) is 8.91. The summed E-state index contributed by atoms with van der Waals surface area (Å²) >= 11 is 0. The lowest BCUT2D eigenvalue weighted by Gasteiger charge is -2.06. The Kier molecular flexibility index (Phi) is 3.97. The standard InChI is InChI=1S/C11H15NO3/c1-12-11(14)6-4-8-3-5-9(13)10(7-8)15-2/h3,5,7,13H,4,6H2,1-2H3,(H,12,14). The number of amides is 1. The van der Waals surface area contributed by atoms with Crippen LogP contribution in [0.5, 0.6) is 11.5 Å². The fraction of sp³-hybridized carbons (Fsp3) is 0.364. The summed E-state index contributed by atoms with van der Waals surface area (Å²) in [7, 11) is 3.11. The van der Waals surface area contributed by atoms with Gasteiger partial charge in [0.2, 0.25) is 5.91 Å². The van der Waals surface area contributed by atoms with Crippen LogP contribution in [0.15, 0.2) is 18.2 Å². The summed E-state index contributed by atoms with van der Waals surface area (Å²) in [5.74, 6) is 0.549. The Hall–Kier alpha value is -1.71. The Morgan fingerprint density at radius 3 is 2.87 bits per heavy atom. The van der Waals surface area contributed by atoms with E-state index in [1.807, 2.05) is 0 Å². The maximum atomic E-state index is 11.0. The van der Waals surface area contributed by atoms with Crippen molar-refractivity contribution in [2.75, 3.05) is 14.2 Å². The summed E-state index contributed by atoms with van der Waals surface area (Å²) in [5.41, 5.74) is 0.966. The number of ether oxygens (including phenoxy) is 1. The number of phenols is 1. The third-order valence-electron chi connectivity index (χ3n) is 2.16. The molecule has 0 bridgehead atoms. The van der Waals surface area contributed by atoms with E-state index in [9.17, 15) is 9.90 Å². The molecule has 0 radical (unpaired) electrons. The fourth-order valence-corrected chi connectivity index (χ4v) is 1.26. The third-order valence-corrected chi connectivity index (χ3v) is 2.16. The predicted octanol–water partition coefficient (Wildman–Crippen LogP) is 1.08. The minimum Gasteiger partial charge on any atom is -0.504 e. The van der Waals surface area contributed by atoms with Crippen LogP contribution in [-0.4, -0.2) is 25.2 Å². The maximum absolute atomic E-state index is 11.0. The van der Waals surface area contributed by atoms with E-state index in [1.165, 1.54) is 7.11 Å². The number of benzene rings is 1. The lowest BCUT2D eigenvalue weighted by atomic mass is 10.1. The monoisotopic (exact) mass is 209 g/mol. The summed E-state index contributed by atoms with van der Waals surface area (Å²) < 4.78 is 4.97. The van der Waals surface area contributed by atoms with Crippen molar-refractivity contribution < 1.29 is 14.6 Å². The van der Waals surface area contributed by atoms with Crippen molar-refractivity contribution in [2.45, 2.75) is 12.8 Å². The summed E-state index contributed by atoms with van der Waals surface area (Å²) in [6.45, 7) is 0. The molecule has 0 fully saturated rings. The Morgan fingerprint density at radius 2 is 2.27 bits per heavy atom. The molecule has 0 saturated carbocycles. The molecular formula is C11H15NO3. The van der Waals surface area contributed by atoms with E-state index < -0.39 is 0 Å². The van der Waals surface area contributed by atoms with E-state index in [0.29, 0.717) is 18.6 Å². The predicted molar refractivity (Wildman–Crippen MR) is 57.0 cm³/mol. The third kappa shape index (κ3) is 3.16. The molecule has 4 nitrogen and oxygen atoms in total. The van der Waals surface area contributed by atoms with Crippen molar-refractivity contribution in [3.8, 4) is 11.5 Å². The van der Waals surface area contributed by atoms with Crippen molar-refractivity contribution in [1.29, 1.82) is 0 Å². The molecule has 0 aliphatic carbocycles. The van der Waals surface area contributed by atoms with Crippen molar-refractivity contribution in [2.24, 2.45) is 0 Å². The van der Waals surface area contributed by atoms with Gasteiger partial charge in [0.15, 0.2) is 11.5 Å². The molecule has 0 aliphatic rings. The smallest absolute Gasteiger partial charge is 0.220 e. The largest absolute Gasteiger partial charge is 0.504 e. The first-order chi connectivity index (χ1) is 7.17. The summed E-state index contributed by atoms with van der Waals surface area (Å²) in [6.07, 6.45) is 1.07. The zero-order chi connectivity index (χ0) is 11.3. The minimum atomic E-state index is 0.00189. The second-order valence-electron chi connectivity index (χ2n) is 3.18. The van der Waals surface area contributed by atoms with E-state index in [1.54, 1.807) is 25.2 Å². The first-order valence-electron chi connectivity index (χ1n) is 4.74. The number of nitrogens with one attached hydrogen (secondary N) is 1. The van der Waals surface area contributed by atoms with Gasteiger partial charge in [-0.05, 0) is 24.1 Å². The van der Waals surface area contributed by atoms with Gasteiger partial charge in [0.25, 0.3) is 0 Å². The first-order valence-corrected chi connectivity index (χ1v) is 4.74. The molecule has 2 N–H and O–H groups in total. The van der Waals surface area contributed by atoms with Crippen molar-refractivity contribution >= 4 is 5.91 Å². The average molecular weight is 209 g/mol. The highest BCUT2D eigenvalue weighted by Gasteiger charge is 2.04. The molecule has 1 aromatic rings. The van der Waals surface area contributed by atoms with Gasteiger partial charge in [-0.2, -0.15) is 0 Å². The molecule has 1 rings (SSSR count). The summed E-state index contributed by atoms with van der Waals surface area (Å²) in [6, 6.07) is 5.08. The lowest BCUT2D eigenvalue weighted by Crippen LogP contribution is -2.17. The van der Waals surface area contributed by atoms with E-state index in [-0.39, 0.29) is 11.7 Å². The van der Waals surface area contributed by atoms with Crippen LogP contribution in [0.2, 0.25) is 0 Å². The number of phenolic OH excluding ortho intramolecular Hbond substituents is 1. The molecule has 0 saturated heterocycles. The molecule has 82 valence electrons. The highest BCUT2D eigenvalue weighted by atomic mass is 16.5. The quantitative estimate of drug-likeness (QED) is 0.780. The van der Waals surface area contributed by atoms with Crippen LogP contribution in [0, 0.1) is 0 Å². The summed E-state index contributed by atoms with van der Waals surface area (Å²) in [4.78, 5) is 11.0. The van der Waals surface area contributed by atoms with Crippen molar-refractivity contribution in [1.82, 2.24) is 5.32 Å². The van der Waals surface area contributed by atoms with E-state index in [2.05, 4.69) is 5.32 Å². The van der Waals surface area contributed by atoms with Gasteiger partial charge in [-0.3, -0.25) is 4.79 Å². The average Bonchev–Trinajstić information content (AvgIpc) is 2.27. The number of hydrogen-bond acceptors (Lipinski definition) is 3. The van der Waals surface area contributed by atoms with Crippen LogP contribution >= 0.6 is 0 Å². The Morgan fingerprint density at radius 1 is 1.53 bits per heavy atom. The highest BCUT2D eigenvalue weighted by molar-refractivity contribution is 5.75. The molecule has 1 aromatic carbocycles.